The molecule has 0 fully saturated rings. The van der Waals surface area contributed by atoms with E-state index in [0.717, 1.165) is 41.3 Å². The van der Waals surface area contributed by atoms with E-state index in [1.165, 1.54) is 0 Å². The van der Waals surface area contributed by atoms with Crippen LogP contribution >= 0.6 is 23.2 Å². The molecule has 0 aliphatic carbocycles. The summed E-state index contributed by atoms with van der Waals surface area (Å²) >= 11 is 12.1. The quantitative estimate of drug-likeness (QED) is 0.885. The van der Waals surface area contributed by atoms with Gasteiger partial charge in [-0.15, -0.1) is 0 Å². The summed E-state index contributed by atoms with van der Waals surface area (Å²) in [6.45, 7) is 4.11. The van der Waals surface area contributed by atoms with Crippen LogP contribution in [0, 0.1) is 6.92 Å². The molecule has 0 saturated carbocycles. The highest BCUT2D eigenvalue weighted by Gasteiger charge is 2.12. The molecule has 0 bridgehead atoms. The van der Waals surface area contributed by atoms with E-state index in [9.17, 15) is 0 Å². The number of hydrogen-bond donors (Lipinski definition) is 1. The molecule has 5 heteroatoms. The molecule has 20 heavy (non-hydrogen) atoms. The summed E-state index contributed by atoms with van der Waals surface area (Å²) in [5.74, 6) is 1.69. The van der Waals surface area contributed by atoms with Crippen LogP contribution in [-0.2, 0) is 6.42 Å². The van der Waals surface area contributed by atoms with Crippen LogP contribution in [0.4, 0.5) is 5.82 Å². The lowest BCUT2D eigenvalue weighted by atomic mass is 10.1. The molecule has 1 aromatic heterocycles. The molecule has 0 unspecified atom stereocenters. The molecule has 3 nitrogen and oxygen atoms in total. The van der Waals surface area contributed by atoms with E-state index in [-0.39, 0.29) is 0 Å². The fourth-order valence-corrected chi connectivity index (χ4v) is 2.36. The standard InChI is InChI=1S/C15H17Cl2N3/c1-4-5-13-19-14(9(2)15(18-3)20-13)10-6-7-11(16)12(17)8-10/h6-8H,4-5H2,1-3H3,(H,18,19,20). The molecule has 0 atom stereocenters. The van der Waals surface area contributed by atoms with Crippen LogP contribution in [-0.4, -0.2) is 17.0 Å². The van der Waals surface area contributed by atoms with Crippen molar-refractivity contribution < 1.29 is 0 Å². The van der Waals surface area contributed by atoms with Gasteiger partial charge >= 0.3 is 0 Å². The molecule has 1 aromatic carbocycles. The van der Waals surface area contributed by atoms with Gasteiger partial charge in [0.15, 0.2) is 0 Å². The third-order valence-corrected chi connectivity index (χ3v) is 3.83. The molecular weight excluding hydrogens is 293 g/mol. The highest BCUT2D eigenvalue weighted by molar-refractivity contribution is 6.42. The van der Waals surface area contributed by atoms with Crippen LogP contribution in [0.25, 0.3) is 11.3 Å². The fraction of sp³-hybridized carbons (Fsp3) is 0.333. The van der Waals surface area contributed by atoms with Crippen molar-refractivity contribution in [2.24, 2.45) is 0 Å². The number of aromatic nitrogens is 2. The summed E-state index contributed by atoms with van der Waals surface area (Å²) in [5.41, 5.74) is 2.85. The molecule has 0 radical (unpaired) electrons. The Bertz CT molecular complexity index is 627. The zero-order valence-corrected chi connectivity index (χ0v) is 13.3. The highest BCUT2D eigenvalue weighted by Crippen LogP contribution is 2.31. The molecule has 106 valence electrons. The Balaban J connectivity index is 2.58. The summed E-state index contributed by atoms with van der Waals surface area (Å²) in [6, 6.07) is 5.56. The fourth-order valence-electron chi connectivity index (χ4n) is 2.07. The first-order chi connectivity index (χ1) is 9.56. The van der Waals surface area contributed by atoms with Gasteiger partial charge in [-0.25, -0.2) is 9.97 Å². The normalized spacial score (nSPS) is 10.7. The number of nitrogens with zero attached hydrogens (tertiary/aromatic N) is 2. The smallest absolute Gasteiger partial charge is 0.132 e. The van der Waals surface area contributed by atoms with Gasteiger partial charge < -0.3 is 5.32 Å². The Kier molecular flexibility index (Phi) is 4.84. The van der Waals surface area contributed by atoms with Gasteiger partial charge in [-0.2, -0.15) is 0 Å². The molecule has 2 aromatic rings. The van der Waals surface area contributed by atoms with Crippen molar-refractivity contribution >= 4 is 29.0 Å². The first kappa shape index (κ1) is 15.1. The molecule has 1 heterocycles. The summed E-state index contributed by atoms with van der Waals surface area (Å²) in [5, 5.41) is 4.20. The lowest BCUT2D eigenvalue weighted by Gasteiger charge is -2.12. The van der Waals surface area contributed by atoms with Crippen molar-refractivity contribution in [2.75, 3.05) is 12.4 Å². The van der Waals surface area contributed by atoms with Crippen LogP contribution in [0.3, 0.4) is 0 Å². The molecular formula is C15H17Cl2N3. The Hall–Kier alpha value is -1.32. The van der Waals surface area contributed by atoms with E-state index in [4.69, 9.17) is 23.2 Å². The maximum Gasteiger partial charge on any atom is 0.132 e. The predicted octanol–water partition coefficient (Wildman–Crippen LogP) is 4.75. The predicted molar refractivity (Wildman–Crippen MR) is 85.8 cm³/mol. The van der Waals surface area contributed by atoms with Crippen LogP contribution in [0.5, 0.6) is 0 Å². The van der Waals surface area contributed by atoms with E-state index in [1.54, 1.807) is 6.07 Å². The number of rotatable bonds is 4. The molecule has 0 aliphatic heterocycles. The minimum absolute atomic E-state index is 0.533. The first-order valence-corrected chi connectivity index (χ1v) is 7.33. The topological polar surface area (TPSA) is 37.8 Å². The van der Waals surface area contributed by atoms with E-state index in [2.05, 4.69) is 22.2 Å². The number of benzene rings is 1. The Morgan fingerprint density at radius 1 is 1.15 bits per heavy atom. The van der Waals surface area contributed by atoms with E-state index >= 15 is 0 Å². The number of hydrogen-bond acceptors (Lipinski definition) is 3. The van der Waals surface area contributed by atoms with Crippen molar-refractivity contribution in [3.63, 3.8) is 0 Å². The van der Waals surface area contributed by atoms with Crippen LogP contribution < -0.4 is 5.32 Å². The van der Waals surface area contributed by atoms with Gasteiger partial charge in [-0.1, -0.05) is 36.2 Å². The number of aryl methyl sites for hydroxylation is 1. The van der Waals surface area contributed by atoms with Crippen molar-refractivity contribution in [2.45, 2.75) is 26.7 Å². The third-order valence-electron chi connectivity index (χ3n) is 3.10. The summed E-state index contributed by atoms with van der Waals surface area (Å²) in [4.78, 5) is 9.18. The van der Waals surface area contributed by atoms with Crippen molar-refractivity contribution in [1.29, 1.82) is 0 Å². The van der Waals surface area contributed by atoms with Gasteiger partial charge in [0.05, 0.1) is 15.7 Å². The van der Waals surface area contributed by atoms with Gasteiger partial charge in [0.2, 0.25) is 0 Å². The second-order valence-electron chi connectivity index (χ2n) is 4.59. The highest BCUT2D eigenvalue weighted by atomic mass is 35.5. The van der Waals surface area contributed by atoms with E-state index in [0.29, 0.717) is 10.0 Å². The Morgan fingerprint density at radius 2 is 1.90 bits per heavy atom. The average Bonchev–Trinajstić information content (AvgIpc) is 2.44. The second-order valence-corrected chi connectivity index (χ2v) is 5.41. The summed E-state index contributed by atoms with van der Waals surface area (Å²) < 4.78 is 0. The van der Waals surface area contributed by atoms with Crippen LogP contribution in [0.2, 0.25) is 10.0 Å². The average molecular weight is 310 g/mol. The van der Waals surface area contributed by atoms with Gasteiger partial charge in [-0.05, 0) is 25.5 Å². The minimum Gasteiger partial charge on any atom is -0.373 e. The SMILES string of the molecule is CCCc1nc(NC)c(C)c(-c2ccc(Cl)c(Cl)c2)n1. The monoisotopic (exact) mass is 309 g/mol. The van der Waals surface area contributed by atoms with E-state index < -0.39 is 0 Å². The molecule has 0 saturated heterocycles. The first-order valence-electron chi connectivity index (χ1n) is 6.57. The molecule has 0 spiro atoms. The van der Waals surface area contributed by atoms with Crippen LogP contribution in [0.15, 0.2) is 18.2 Å². The lowest BCUT2D eigenvalue weighted by Crippen LogP contribution is -2.05. The number of halogens is 2. The Morgan fingerprint density at radius 3 is 2.50 bits per heavy atom. The lowest BCUT2D eigenvalue weighted by molar-refractivity contribution is 0.834. The largest absolute Gasteiger partial charge is 0.373 e. The Labute approximate surface area is 129 Å². The molecule has 2 rings (SSSR count). The second kappa shape index (κ2) is 6.42. The molecule has 0 amide bonds. The van der Waals surface area contributed by atoms with Gasteiger partial charge in [0.1, 0.15) is 11.6 Å². The maximum atomic E-state index is 6.10. The zero-order chi connectivity index (χ0) is 14.7. The minimum atomic E-state index is 0.533. The van der Waals surface area contributed by atoms with Crippen molar-refractivity contribution in [3.05, 3.63) is 39.6 Å². The zero-order valence-electron chi connectivity index (χ0n) is 11.8. The summed E-state index contributed by atoms with van der Waals surface area (Å²) in [6.07, 6.45) is 1.86. The van der Waals surface area contributed by atoms with Gasteiger partial charge in [0.25, 0.3) is 0 Å². The van der Waals surface area contributed by atoms with E-state index in [1.807, 2.05) is 26.1 Å². The van der Waals surface area contributed by atoms with Crippen LogP contribution in [0.1, 0.15) is 24.7 Å². The number of nitrogens with one attached hydrogen (secondary N) is 1. The summed E-state index contributed by atoms with van der Waals surface area (Å²) in [7, 11) is 1.86. The van der Waals surface area contributed by atoms with Crippen molar-refractivity contribution in [3.8, 4) is 11.3 Å². The van der Waals surface area contributed by atoms with Crippen molar-refractivity contribution in [1.82, 2.24) is 9.97 Å². The molecule has 1 N–H and O–H groups in total. The number of anilines is 1. The third kappa shape index (κ3) is 3.05. The molecule has 0 aliphatic rings. The van der Waals surface area contributed by atoms with Gasteiger partial charge in [0, 0.05) is 24.6 Å². The van der Waals surface area contributed by atoms with Gasteiger partial charge in [-0.3, -0.25) is 0 Å². The maximum absolute atomic E-state index is 6.10.